The Hall–Kier alpha value is -3.72. The van der Waals surface area contributed by atoms with Gasteiger partial charge in [-0.3, -0.25) is 9.59 Å². The zero-order valence-corrected chi connectivity index (χ0v) is 22.5. The second kappa shape index (κ2) is 12.7. The average molecular weight is 524 g/mol. The van der Waals surface area contributed by atoms with E-state index in [9.17, 15) is 24.3 Å². The summed E-state index contributed by atoms with van der Waals surface area (Å²) in [4.78, 5) is 52.6. The Morgan fingerprint density at radius 1 is 1.11 bits per heavy atom. The molecule has 2 amide bonds. The van der Waals surface area contributed by atoms with Gasteiger partial charge in [0.25, 0.3) is 0 Å². The highest BCUT2D eigenvalue weighted by atomic mass is 16.5. The van der Waals surface area contributed by atoms with Crippen molar-refractivity contribution in [2.24, 2.45) is 5.41 Å². The minimum Gasteiger partial charge on any atom is -0.478 e. The fraction of sp³-hybridized carbons (Fsp3) is 0.448. The molecule has 204 valence electrons. The zero-order chi connectivity index (χ0) is 27.9. The third-order valence-corrected chi connectivity index (χ3v) is 7.02. The SMILES string of the molecule is COC(=O)c1ccccc1CC(C)(CCC(=O)Nc1cc(C(=O)O)ccc1C(C)C)C(=O)N1CCNCC1. The van der Waals surface area contributed by atoms with Crippen molar-refractivity contribution in [3.8, 4) is 0 Å². The predicted molar refractivity (Wildman–Crippen MR) is 144 cm³/mol. The number of benzene rings is 2. The molecule has 1 atom stereocenters. The molecule has 0 aromatic heterocycles. The number of ether oxygens (including phenoxy) is 1. The summed E-state index contributed by atoms with van der Waals surface area (Å²) in [6, 6.07) is 11.7. The Morgan fingerprint density at radius 2 is 1.79 bits per heavy atom. The number of anilines is 1. The van der Waals surface area contributed by atoms with Crippen LogP contribution in [-0.2, 0) is 20.7 Å². The van der Waals surface area contributed by atoms with E-state index >= 15 is 0 Å². The van der Waals surface area contributed by atoms with Crippen LogP contribution >= 0.6 is 0 Å². The van der Waals surface area contributed by atoms with E-state index in [1.807, 2.05) is 37.8 Å². The Kier molecular flexibility index (Phi) is 9.63. The zero-order valence-electron chi connectivity index (χ0n) is 22.5. The van der Waals surface area contributed by atoms with E-state index in [1.54, 1.807) is 18.2 Å². The van der Waals surface area contributed by atoms with Gasteiger partial charge < -0.3 is 25.4 Å². The number of hydrogen-bond acceptors (Lipinski definition) is 6. The summed E-state index contributed by atoms with van der Waals surface area (Å²) < 4.78 is 4.94. The Bertz CT molecular complexity index is 1190. The van der Waals surface area contributed by atoms with Crippen molar-refractivity contribution in [3.05, 3.63) is 64.7 Å². The number of carboxylic acid groups (broad SMARTS) is 1. The van der Waals surface area contributed by atoms with Crippen LogP contribution in [0, 0.1) is 5.41 Å². The van der Waals surface area contributed by atoms with E-state index in [-0.39, 0.29) is 42.6 Å². The first-order valence-corrected chi connectivity index (χ1v) is 12.9. The number of aromatic carboxylic acids is 1. The molecule has 9 nitrogen and oxygen atoms in total. The molecule has 3 rings (SSSR count). The minimum atomic E-state index is -1.07. The van der Waals surface area contributed by atoms with E-state index in [1.165, 1.54) is 19.2 Å². The molecule has 1 aliphatic rings. The van der Waals surface area contributed by atoms with Gasteiger partial charge in [-0.15, -0.1) is 0 Å². The normalized spacial score (nSPS) is 15.0. The third-order valence-electron chi connectivity index (χ3n) is 7.02. The number of carbonyl (C=O) groups excluding carboxylic acids is 3. The maximum absolute atomic E-state index is 13.8. The Morgan fingerprint density at radius 3 is 2.42 bits per heavy atom. The molecule has 1 unspecified atom stereocenters. The molecule has 0 radical (unpaired) electrons. The smallest absolute Gasteiger partial charge is 0.338 e. The van der Waals surface area contributed by atoms with Gasteiger partial charge in [-0.2, -0.15) is 0 Å². The van der Waals surface area contributed by atoms with Gasteiger partial charge in [-0.25, -0.2) is 9.59 Å². The summed E-state index contributed by atoms with van der Waals surface area (Å²) in [5.41, 5.74) is 1.49. The standard InChI is InChI=1S/C29H37N3O6/c1-19(2)22-10-9-20(26(34)35)17-24(22)31-25(33)11-12-29(3,28(37)32-15-13-30-14-16-32)18-21-7-5-6-8-23(21)27(36)38-4/h5-10,17,19,30H,11-16,18H2,1-4H3,(H,31,33)(H,34,35). The molecular formula is C29H37N3O6. The molecule has 1 heterocycles. The number of esters is 1. The van der Waals surface area contributed by atoms with E-state index in [0.29, 0.717) is 43.0 Å². The maximum Gasteiger partial charge on any atom is 0.338 e. The molecule has 1 saturated heterocycles. The van der Waals surface area contributed by atoms with Gasteiger partial charge in [0.15, 0.2) is 0 Å². The maximum atomic E-state index is 13.8. The van der Waals surface area contributed by atoms with Gasteiger partial charge in [0.1, 0.15) is 0 Å². The van der Waals surface area contributed by atoms with Crippen LogP contribution in [-0.4, -0.2) is 67.0 Å². The van der Waals surface area contributed by atoms with Gasteiger partial charge in [0, 0.05) is 38.3 Å². The lowest BCUT2D eigenvalue weighted by Gasteiger charge is -2.37. The van der Waals surface area contributed by atoms with E-state index in [2.05, 4.69) is 10.6 Å². The number of nitrogens with one attached hydrogen (secondary N) is 2. The quantitative estimate of drug-likeness (QED) is 0.406. The highest BCUT2D eigenvalue weighted by Gasteiger charge is 2.38. The Balaban J connectivity index is 1.85. The summed E-state index contributed by atoms with van der Waals surface area (Å²) >= 11 is 0. The van der Waals surface area contributed by atoms with Gasteiger partial charge >= 0.3 is 11.9 Å². The lowest BCUT2D eigenvalue weighted by molar-refractivity contribution is -0.142. The number of rotatable bonds is 10. The number of methoxy groups -OCH3 is 1. The largest absolute Gasteiger partial charge is 0.478 e. The fourth-order valence-electron chi connectivity index (χ4n) is 4.83. The van der Waals surface area contributed by atoms with Crippen molar-refractivity contribution in [3.63, 3.8) is 0 Å². The molecule has 2 aromatic rings. The number of piperazine rings is 1. The minimum absolute atomic E-state index is 0.0452. The molecule has 2 aromatic carbocycles. The number of amides is 2. The first-order valence-electron chi connectivity index (χ1n) is 12.9. The summed E-state index contributed by atoms with van der Waals surface area (Å²) in [7, 11) is 1.32. The molecule has 3 N–H and O–H groups in total. The Labute approximate surface area is 223 Å². The highest BCUT2D eigenvalue weighted by molar-refractivity contribution is 5.95. The van der Waals surface area contributed by atoms with Crippen LogP contribution in [0.5, 0.6) is 0 Å². The fourth-order valence-corrected chi connectivity index (χ4v) is 4.83. The molecule has 1 aliphatic heterocycles. The van der Waals surface area contributed by atoms with E-state index in [0.717, 1.165) is 5.56 Å². The first kappa shape index (κ1) is 28.8. The molecule has 38 heavy (non-hydrogen) atoms. The number of carboxylic acids is 1. The van der Waals surface area contributed by atoms with Crippen LogP contribution in [0.4, 0.5) is 5.69 Å². The van der Waals surface area contributed by atoms with Gasteiger partial charge in [0.2, 0.25) is 11.8 Å². The van der Waals surface area contributed by atoms with Crippen molar-refractivity contribution in [2.75, 3.05) is 38.6 Å². The van der Waals surface area contributed by atoms with Crippen LogP contribution < -0.4 is 10.6 Å². The lowest BCUT2D eigenvalue weighted by Crippen LogP contribution is -2.52. The second-order valence-corrected chi connectivity index (χ2v) is 10.2. The van der Waals surface area contributed by atoms with E-state index in [4.69, 9.17) is 4.74 Å². The molecule has 9 heteroatoms. The topological polar surface area (TPSA) is 125 Å². The average Bonchev–Trinajstić information content (AvgIpc) is 2.91. The molecule has 0 spiro atoms. The molecule has 1 fully saturated rings. The van der Waals surface area contributed by atoms with Crippen molar-refractivity contribution in [1.82, 2.24) is 10.2 Å². The summed E-state index contributed by atoms with van der Waals surface area (Å²) in [6.07, 6.45) is 0.552. The predicted octanol–water partition coefficient (Wildman–Crippen LogP) is 3.69. The van der Waals surface area contributed by atoms with Crippen LogP contribution in [0.25, 0.3) is 0 Å². The van der Waals surface area contributed by atoms with Crippen molar-refractivity contribution < 1.29 is 29.0 Å². The number of nitrogens with zero attached hydrogens (tertiary/aromatic N) is 1. The highest BCUT2D eigenvalue weighted by Crippen LogP contribution is 2.33. The van der Waals surface area contributed by atoms with Crippen molar-refractivity contribution >= 4 is 29.4 Å². The number of hydrogen-bond donors (Lipinski definition) is 3. The van der Waals surface area contributed by atoms with Crippen LogP contribution in [0.1, 0.15) is 71.4 Å². The monoisotopic (exact) mass is 523 g/mol. The molecule has 0 saturated carbocycles. The lowest BCUT2D eigenvalue weighted by atomic mass is 9.77. The van der Waals surface area contributed by atoms with Crippen molar-refractivity contribution in [2.45, 2.75) is 46.0 Å². The third kappa shape index (κ3) is 6.98. The van der Waals surface area contributed by atoms with Gasteiger partial charge in [-0.1, -0.05) is 45.0 Å². The number of carbonyl (C=O) groups is 4. The summed E-state index contributed by atoms with van der Waals surface area (Å²) in [5, 5.41) is 15.5. The van der Waals surface area contributed by atoms with Gasteiger partial charge in [-0.05, 0) is 48.1 Å². The summed E-state index contributed by atoms with van der Waals surface area (Å²) in [6.45, 7) is 8.29. The van der Waals surface area contributed by atoms with Gasteiger partial charge in [0.05, 0.1) is 23.7 Å². The first-order chi connectivity index (χ1) is 18.1. The molecular weight excluding hydrogens is 486 g/mol. The van der Waals surface area contributed by atoms with Crippen LogP contribution in [0.3, 0.4) is 0 Å². The summed E-state index contributed by atoms with van der Waals surface area (Å²) in [5.74, 6) is -1.86. The van der Waals surface area contributed by atoms with Crippen LogP contribution in [0.15, 0.2) is 42.5 Å². The molecule has 0 aliphatic carbocycles. The van der Waals surface area contributed by atoms with E-state index < -0.39 is 17.4 Å². The molecule has 0 bridgehead atoms. The second-order valence-electron chi connectivity index (χ2n) is 10.2. The van der Waals surface area contributed by atoms with Crippen LogP contribution in [0.2, 0.25) is 0 Å². The van der Waals surface area contributed by atoms with Crippen molar-refractivity contribution in [1.29, 1.82) is 0 Å².